The smallest absolute Gasteiger partial charge is 0.340 e. The first-order chi connectivity index (χ1) is 15.9. The molecule has 2 N–H and O–H groups in total. The normalized spacial score (nSPS) is 13.5. The van der Waals surface area contributed by atoms with Crippen LogP contribution in [0.1, 0.15) is 49.5 Å². The predicted molar refractivity (Wildman–Crippen MR) is 121 cm³/mol. The summed E-state index contributed by atoms with van der Waals surface area (Å²) < 4.78 is 12.4. The van der Waals surface area contributed by atoms with Crippen LogP contribution in [0.3, 0.4) is 0 Å². The quantitative estimate of drug-likeness (QED) is 0.188. The van der Waals surface area contributed by atoms with Crippen molar-refractivity contribution in [2.75, 3.05) is 13.2 Å². The van der Waals surface area contributed by atoms with Gasteiger partial charge in [-0.25, -0.2) is 9.59 Å². The van der Waals surface area contributed by atoms with Gasteiger partial charge in [-0.15, -0.1) is 0 Å². The zero-order chi connectivity index (χ0) is 24.0. The summed E-state index contributed by atoms with van der Waals surface area (Å²) in [5.41, 5.74) is 3.73. The van der Waals surface area contributed by atoms with Crippen molar-refractivity contribution in [3.63, 3.8) is 0 Å². The molecule has 7 nitrogen and oxygen atoms in total. The van der Waals surface area contributed by atoms with E-state index in [2.05, 4.69) is 0 Å². The number of halogens is 2. The second-order valence-corrected chi connectivity index (χ2v) is 7.80. The summed E-state index contributed by atoms with van der Waals surface area (Å²) in [6.45, 7) is 7.82. The number of carbonyl (C=O) groups is 3. The maximum absolute atomic E-state index is 12.9. The molecule has 2 heterocycles. The fourth-order valence-electron chi connectivity index (χ4n) is 4.04. The van der Waals surface area contributed by atoms with Crippen molar-refractivity contribution in [3.8, 4) is 0 Å². The molecule has 0 spiro atoms. The lowest BCUT2D eigenvalue weighted by Gasteiger charge is -2.26. The van der Waals surface area contributed by atoms with Gasteiger partial charge >= 0.3 is 11.9 Å². The van der Waals surface area contributed by atoms with Gasteiger partial charge in [0.15, 0.2) is 12.4 Å². The number of esters is 2. The van der Waals surface area contributed by atoms with E-state index in [9.17, 15) is 14.4 Å². The molecule has 1 aromatic heterocycles. The van der Waals surface area contributed by atoms with Crippen LogP contribution in [0.2, 0.25) is 0 Å². The summed E-state index contributed by atoms with van der Waals surface area (Å²) in [7, 11) is 0. The Kier molecular flexibility index (Phi) is 12.2. The average Bonchev–Trinajstić information content (AvgIpc) is 2.80. The first kappa shape index (κ1) is 30.4. The molecule has 0 fully saturated rings. The Balaban J connectivity index is 0.00000306. The van der Waals surface area contributed by atoms with Crippen molar-refractivity contribution in [2.45, 2.75) is 40.2 Å². The largest absolute Gasteiger partial charge is 1.00 e. The fraction of sp³-hybridized carbons (Fsp3) is 0.308. The van der Waals surface area contributed by atoms with Crippen LogP contribution in [0.4, 0.5) is 0 Å². The molecule has 2 aromatic rings. The first-order valence-electron chi connectivity index (χ1n) is 11.0. The summed E-state index contributed by atoms with van der Waals surface area (Å²) in [4.78, 5) is 38.3. The van der Waals surface area contributed by atoms with Gasteiger partial charge in [0.2, 0.25) is 12.3 Å². The lowest BCUT2D eigenvalue weighted by Crippen LogP contribution is -3.00. The van der Waals surface area contributed by atoms with Crippen molar-refractivity contribution >= 4 is 17.7 Å². The van der Waals surface area contributed by atoms with E-state index >= 15 is 0 Å². The average molecular weight is 610 g/mol. The van der Waals surface area contributed by atoms with Gasteiger partial charge in [0, 0.05) is 31.5 Å². The molecule has 1 aromatic carbocycles. The summed E-state index contributed by atoms with van der Waals surface area (Å²) in [5, 5.41) is 1.82. The topological polar surface area (TPSA) is 90.2 Å². The Morgan fingerprint density at radius 1 is 0.829 bits per heavy atom. The van der Waals surface area contributed by atoms with Crippen LogP contribution in [-0.2, 0) is 25.6 Å². The van der Waals surface area contributed by atoms with Gasteiger partial charge in [-0.05, 0) is 19.4 Å². The van der Waals surface area contributed by atoms with Crippen LogP contribution in [0.25, 0.3) is 0 Å². The molecule has 0 radical (unpaired) electrons. The van der Waals surface area contributed by atoms with Gasteiger partial charge in [-0.1, -0.05) is 30.3 Å². The number of ketones is 1. The van der Waals surface area contributed by atoms with Crippen LogP contribution < -0.4 is 43.8 Å². The number of benzene rings is 1. The molecule has 0 bridgehead atoms. The second kappa shape index (κ2) is 14.1. The molecule has 0 atom stereocenters. The molecule has 3 rings (SSSR count). The van der Waals surface area contributed by atoms with E-state index in [0.29, 0.717) is 16.7 Å². The summed E-state index contributed by atoms with van der Waals surface area (Å²) >= 11 is 0. The molecule has 0 unspecified atom stereocenters. The molecule has 0 aliphatic carbocycles. The number of rotatable bonds is 8. The second-order valence-electron chi connectivity index (χ2n) is 7.80. The van der Waals surface area contributed by atoms with Gasteiger partial charge in [0.05, 0.1) is 19.1 Å². The van der Waals surface area contributed by atoms with E-state index in [1.807, 2.05) is 49.5 Å². The Bertz CT molecular complexity index is 1070. The summed E-state index contributed by atoms with van der Waals surface area (Å²) in [6, 6.07) is 12.8. The highest BCUT2D eigenvalue weighted by Gasteiger charge is 2.41. The molecule has 35 heavy (non-hydrogen) atoms. The predicted octanol–water partition coefficient (Wildman–Crippen LogP) is -3.80. The number of nitrogens with two attached hydrogens (primary N) is 1. The number of nitrogens with zero attached hydrogens (tertiary/aromatic N) is 1. The van der Waals surface area contributed by atoms with E-state index in [-0.39, 0.29) is 59.5 Å². The van der Waals surface area contributed by atoms with Gasteiger partial charge in [0.1, 0.15) is 22.5 Å². The SMILES string of the molecule is CCOC(=O)C1=C(C)[NH2+]C(C)=C(C(=O)OCC)C1c1cc[n+](CC(=O)c2ccccc2)cc1.[Br-].[Br-]. The number of carbonyl (C=O) groups excluding carboxylic acids is 3. The maximum Gasteiger partial charge on any atom is 0.340 e. The Hall–Kier alpha value is -2.62. The number of hydrogen-bond donors (Lipinski definition) is 1. The van der Waals surface area contributed by atoms with E-state index in [4.69, 9.17) is 9.47 Å². The Morgan fingerprint density at radius 2 is 1.31 bits per heavy atom. The zero-order valence-electron chi connectivity index (χ0n) is 20.2. The number of hydrogen-bond acceptors (Lipinski definition) is 5. The Morgan fingerprint density at radius 3 is 1.77 bits per heavy atom. The zero-order valence-corrected chi connectivity index (χ0v) is 23.4. The molecule has 9 heteroatoms. The van der Waals surface area contributed by atoms with Crippen LogP contribution in [-0.4, -0.2) is 30.9 Å². The van der Waals surface area contributed by atoms with Crippen LogP contribution >= 0.6 is 0 Å². The van der Waals surface area contributed by atoms with Gasteiger partial charge in [-0.3, -0.25) is 10.1 Å². The maximum atomic E-state index is 12.9. The number of pyridine rings is 1. The fourth-order valence-corrected chi connectivity index (χ4v) is 4.04. The van der Waals surface area contributed by atoms with Gasteiger partial charge in [-0.2, -0.15) is 4.57 Å². The van der Waals surface area contributed by atoms with Crippen LogP contribution in [0.5, 0.6) is 0 Å². The summed E-state index contributed by atoms with van der Waals surface area (Å²) in [5.74, 6) is -1.54. The van der Waals surface area contributed by atoms with Crippen molar-refractivity contribution in [2.24, 2.45) is 0 Å². The first-order valence-corrected chi connectivity index (χ1v) is 11.0. The third-order valence-electron chi connectivity index (χ3n) is 5.52. The number of quaternary nitrogens is 1. The monoisotopic (exact) mass is 608 g/mol. The number of allylic oxidation sites excluding steroid dienone is 2. The van der Waals surface area contributed by atoms with E-state index in [1.54, 1.807) is 42.9 Å². The minimum Gasteiger partial charge on any atom is -1.00 e. The van der Waals surface area contributed by atoms with Gasteiger partial charge < -0.3 is 43.4 Å². The molecule has 0 amide bonds. The highest BCUT2D eigenvalue weighted by atomic mass is 79.9. The van der Waals surface area contributed by atoms with Crippen molar-refractivity contribution in [1.82, 2.24) is 0 Å². The molecule has 1 aliphatic heterocycles. The molecule has 0 saturated heterocycles. The van der Waals surface area contributed by atoms with Crippen LogP contribution in [0, 0.1) is 0 Å². The van der Waals surface area contributed by atoms with Crippen molar-refractivity contribution in [3.05, 3.63) is 88.5 Å². The minimum absolute atomic E-state index is 0. The van der Waals surface area contributed by atoms with E-state index < -0.39 is 17.9 Å². The minimum atomic E-state index is -0.618. The molecule has 1 aliphatic rings. The number of ether oxygens (including phenoxy) is 2. The van der Waals surface area contributed by atoms with E-state index in [1.165, 1.54) is 0 Å². The lowest BCUT2D eigenvalue weighted by molar-refractivity contribution is -0.683. The molecule has 188 valence electrons. The third-order valence-corrected chi connectivity index (χ3v) is 5.52. The lowest BCUT2D eigenvalue weighted by atomic mass is 9.80. The highest BCUT2D eigenvalue weighted by Crippen LogP contribution is 2.36. The van der Waals surface area contributed by atoms with Crippen LogP contribution in [0.15, 0.2) is 77.4 Å². The van der Waals surface area contributed by atoms with Crippen molar-refractivity contribution in [1.29, 1.82) is 0 Å². The number of aromatic nitrogens is 1. The Labute approximate surface area is 226 Å². The molecular weight excluding hydrogens is 580 g/mol. The number of Topliss-reactive ketones (excluding diaryl/α,β-unsaturated/α-hetero) is 1. The van der Waals surface area contributed by atoms with Gasteiger partial charge in [0.25, 0.3) is 0 Å². The molecule has 0 saturated carbocycles. The summed E-state index contributed by atoms with van der Waals surface area (Å²) in [6.07, 6.45) is 3.56. The van der Waals surface area contributed by atoms with E-state index in [0.717, 1.165) is 17.0 Å². The molecular formula is C26H30Br2N2O5. The van der Waals surface area contributed by atoms with Crippen molar-refractivity contribution < 1.29 is 67.7 Å². The third kappa shape index (κ3) is 7.19. The standard InChI is InChI=1S/C26H28N2O5.2BrH/c1-5-32-25(30)22-17(3)27-18(4)23(26(31)33-6-2)24(22)20-12-14-28(15-13-20)16-21(29)19-10-8-7-9-11-19;;/h7-15,24H,5-6,16H2,1-4H3;2*1H. The highest BCUT2D eigenvalue weighted by molar-refractivity contribution is 5.99.